The molecule has 5 nitrogen and oxygen atoms in total. The number of rotatable bonds is 4. The lowest BCUT2D eigenvalue weighted by Crippen LogP contribution is -2.51. The Morgan fingerprint density at radius 2 is 1.86 bits per heavy atom. The van der Waals surface area contributed by atoms with Crippen LogP contribution in [-0.4, -0.2) is 52.6 Å². The van der Waals surface area contributed by atoms with Gasteiger partial charge in [0.1, 0.15) is 0 Å². The molecule has 2 rings (SSSR count). The average molecular weight is 314 g/mol. The number of carboxylic acids is 1. The summed E-state index contributed by atoms with van der Waals surface area (Å²) in [4.78, 5) is 24.9. The number of amides is 2. The van der Waals surface area contributed by atoms with Crippen molar-refractivity contribution in [2.45, 2.75) is 56.2 Å². The van der Waals surface area contributed by atoms with Crippen LogP contribution in [0.3, 0.4) is 0 Å². The van der Waals surface area contributed by atoms with Gasteiger partial charge in [-0.2, -0.15) is 11.8 Å². The van der Waals surface area contributed by atoms with Crippen LogP contribution in [0, 0.1) is 5.92 Å². The summed E-state index contributed by atoms with van der Waals surface area (Å²) in [5, 5.41) is 12.5. The number of nitrogens with one attached hydrogen (secondary N) is 1. The van der Waals surface area contributed by atoms with Crippen molar-refractivity contribution in [2.75, 3.05) is 19.3 Å². The van der Waals surface area contributed by atoms with Crippen molar-refractivity contribution < 1.29 is 14.7 Å². The summed E-state index contributed by atoms with van der Waals surface area (Å²) in [6.07, 6.45) is 8.67. The van der Waals surface area contributed by atoms with Gasteiger partial charge in [0.05, 0.1) is 0 Å². The molecule has 2 fully saturated rings. The topological polar surface area (TPSA) is 69.6 Å². The Kier molecular flexibility index (Phi) is 6.21. The summed E-state index contributed by atoms with van der Waals surface area (Å²) in [7, 11) is 0. The Balaban J connectivity index is 1.77. The monoisotopic (exact) mass is 314 g/mol. The number of likely N-dealkylation sites (tertiary alicyclic amines) is 1. The van der Waals surface area contributed by atoms with E-state index in [2.05, 4.69) is 11.6 Å². The number of carboxylic acid groups (broad SMARTS) is 1. The Morgan fingerprint density at radius 1 is 1.19 bits per heavy atom. The number of urea groups is 1. The van der Waals surface area contributed by atoms with Gasteiger partial charge in [-0.25, -0.2) is 4.79 Å². The molecule has 0 radical (unpaired) electrons. The third kappa shape index (κ3) is 4.80. The second kappa shape index (κ2) is 7.92. The van der Waals surface area contributed by atoms with Gasteiger partial charge in [0.15, 0.2) is 0 Å². The predicted octanol–water partition coefficient (Wildman–Crippen LogP) is 2.56. The minimum absolute atomic E-state index is 0.0368. The van der Waals surface area contributed by atoms with Gasteiger partial charge in [0, 0.05) is 30.8 Å². The highest BCUT2D eigenvalue weighted by Gasteiger charge is 2.29. The molecule has 1 saturated heterocycles. The Hall–Kier alpha value is -0.910. The molecular formula is C15H26N2O3S. The van der Waals surface area contributed by atoms with Crippen LogP contribution in [0.4, 0.5) is 4.79 Å². The first-order valence-corrected chi connectivity index (χ1v) is 9.19. The SMILES string of the molecule is CSC1CCCCC1NC(=O)N1CCC(CC(=O)O)CC1. The molecule has 2 amide bonds. The lowest BCUT2D eigenvalue weighted by Gasteiger charge is -2.35. The Bertz CT molecular complexity index is 370. The van der Waals surface area contributed by atoms with Gasteiger partial charge in [0.25, 0.3) is 0 Å². The summed E-state index contributed by atoms with van der Waals surface area (Å²) in [5.74, 6) is -0.511. The largest absolute Gasteiger partial charge is 0.481 e. The average Bonchev–Trinajstić information content (AvgIpc) is 2.48. The number of carbonyl (C=O) groups excluding carboxylic acids is 1. The zero-order valence-electron chi connectivity index (χ0n) is 12.7. The van der Waals surface area contributed by atoms with E-state index in [1.54, 1.807) is 0 Å². The van der Waals surface area contributed by atoms with Gasteiger partial charge in [-0.3, -0.25) is 4.79 Å². The zero-order valence-corrected chi connectivity index (χ0v) is 13.5. The Morgan fingerprint density at radius 3 is 2.48 bits per heavy atom. The summed E-state index contributed by atoms with van der Waals surface area (Å²) >= 11 is 1.85. The predicted molar refractivity (Wildman–Crippen MR) is 84.6 cm³/mol. The first-order chi connectivity index (χ1) is 10.1. The number of thioether (sulfide) groups is 1. The number of aliphatic carboxylic acids is 1. The van der Waals surface area contributed by atoms with Gasteiger partial charge in [-0.05, 0) is 37.9 Å². The quantitative estimate of drug-likeness (QED) is 0.837. The second-order valence-corrected chi connectivity index (χ2v) is 7.22. The van der Waals surface area contributed by atoms with Crippen molar-refractivity contribution in [3.8, 4) is 0 Å². The lowest BCUT2D eigenvalue weighted by molar-refractivity contribution is -0.138. The van der Waals surface area contributed by atoms with Crippen molar-refractivity contribution in [3.63, 3.8) is 0 Å². The van der Waals surface area contributed by atoms with Crippen LogP contribution in [0.15, 0.2) is 0 Å². The first-order valence-electron chi connectivity index (χ1n) is 7.90. The van der Waals surface area contributed by atoms with E-state index >= 15 is 0 Å². The number of hydrogen-bond acceptors (Lipinski definition) is 3. The molecule has 0 aromatic carbocycles. The van der Waals surface area contributed by atoms with Gasteiger partial charge in [-0.1, -0.05) is 12.8 Å². The molecule has 0 spiro atoms. The normalized spacial score (nSPS) is 27.4. The minimum Gasteiger partial charge on any atom is -0.481 e. The number of carbonyl (C=O) groups is 2. The molecule has 0 aromatic heterocycles. The van der Waals surface area contributed by atoms with Gasteiger partial charge in [-0.15, -0.1) is 0 Å². The van der Waals surface area contributed by atoms with E-state index in [-0.39, 0.29) is 24.4 Å². The summed E-state index contributed by atoms with van der Waals surface area (Å²) in [6, 6.07) is 0.327. The molecule has 1 aliphatic heterocycles. The van der Waals surface area contributed by atoms with Gasteiger partial charge < -0.3 is 15.3 Å². The maximum atomic E-state index is 12.3. The molecule has 0 aromatic rings. The smallest absolute Gasteiger partial charge is 0.317 e. The van der Waals surface area contributed by atoms with Crippen LogP contribution in [0.1, 0.15) is 44.9 Å². The van der Waals surface area contributed by atoms with Crippen LogP contribution in [-0.2, 0) is 4.79 Å². The zero-order chi connectivity index (χ0) is 15.2. The lowest BCUT2D eigenvalue weighted by atomic mass is 9.93. The molecule has 6 heteroatoms. The molecule has 0 bridgehead atoms. The highest BCUT2D eigenvalue weighted by molar-refractivity contribution is 7.99. The molecule has 1 heterocycles. The van der Waals surface area contributed by atoms with Crippen LogP contribution in [0.5, 0.6) is 0 Å². The minimum atomic E-state index is -0.733. The Labute approximate surface area is 130 Å². The molecule has 2 atom stereocenters. The molecule has 2 unspecified atom stereocenters. The fourth-order valence-corrected chi connectivity index (χ4v) is 4.32. The molecule has 21 heavy (non-hydrogen) atoms. The molecule has 1 aliphatic carbocycles. The summed E-state index contributed by atoms with van der Waals surface area (Å²) < 4.78 is 0. The molecule has 1 saturated carbocycles. The standard InChI is InChI=1S/C15H26N2O3S/c1-21-13-5-3-2-4-12(13)16-15(20)17-8-6-11(7-9-17)10-14(18)19/h11-13H,2-10H2,1H3,(H,16,20)(H,18,19). The fourth-order valence-electron chi connectivity index (χ4n) is 3.38. The highest BCUT2D eigenvalue weighted by Crippen LogP contribution is 2.27. The molecule has 120 valence electrons. The van der Waals surface area contributed by atoms with Gasteiger partial charge >= 0.3 is 12.0 Å². The summed E-state index contributed by atoms with van der Waals surface area (Å²) in [6.45, 7) is 1.36. The third-order valence-electron chi connectivity index (χ3n) is 4.68. The van der Waals surface area contributed by atoms with E-state index in [0.29, 0.717) is 18.3 Å². The second-order valence-electron chi connectivity index (χ2n) is 6.14. The van der Waals surface area contributed by atoms with Crippen molar-refractivity contribution in [3.05, 3.63) is 0 Å². The van der Waals surface area contributed by atoms with Crippen LogP contribution in [0.25, 0.3) is 0 Å². The third-order valence-corrected chi connectivity index (χ3v) is 5.85. The van der Waals surface area contributed by atoms with Crippen LogP contribution in [0.2, 0.25) is 0 Å². The number of hydrogen-bond donors (Lipinski definition) is 2. The van der Waals surface area contributed by atoms with E-state index in [0.717, 1.165) is 19.3 Å². The summed E-state index contributed by atoms with van der Waals surface area (Å²) in [5.41, 5.74) is 0. The maximum Gasteiger partial charge on any atom is 0.317 e. The number of nitrogens with zero attached hydrogens (tertiary/aromatic N) is 1. The van der Waals surface area contributed by atoms with E-state index in [1.165, 1.54) is 19.3 Å². The van der Waals surface area contributed by atoms with E-state index in [9.17, 15) is 9.59 Å². The first kappa shape index (κ1) is 16.5. The fraction of sp³-hybridized carbons (Fsp3) is 0.867. The van der Waals surface area contributed by atoms with Crippen molar-refractivity contribution in [1.29, 1.82) is 0 Å². The maximum absolute atomic E-state index is 12.3. The van der Waals surface area contributed by atoms with Crippen LogP contribution >= 0.6 is 11.8 Å². The van der Waals surface area contributed by atoms with Crippen molar-refractivity contribution in [1.82, 2.24) is 10.2 Å². The van der Waals surface area contributed by atoms with Crippen LogP contribution < -0.4 is 5.32 Å². The van der Waals surface area contributed by atoms with Gasteiger partial charge in [0.2, 0.25) is 0 Å². The molecular weight excluding hydrogens is 288 g/mol. The highest BCUT2D eigenvalue weighted by atomic mass is 32.2. The molecule has 2 aliphatic rings. The molecule has 2 N–H and O–H groups in total. The van der Waals surface area contributed by atoms with Crippen molar-refractivity contribution in [2.24, 2.45) is 5.92 Å². The van der Waals surface area contributed by atoms with E-state index in [1.807, 2.05) is 16.7 Å². The number of piperidine rings is 1. The van der Waals surface area contributed by atoms with E-state index < -0.39 is 5.97 Å². The van der Waals surface area contributed by atoms with E-state index in [4.69, 9.17) is 5.11 Å². The van der Waals surface area contributed by atoms with Crippen molar-refractivity contribution >= 4 is 23.8 Å².